The molecule has 2 aliphatic carbocycles. The maximum Gasteiger partial charge on any atom is 0.253 e. The van der Waals surface area contributed by atoms with E-state index in [1.165, 1.54) is 11.9 Å². The number of hydrogen-bond acceptors (Lipinski definition) is 7. The third-order valence-corrected chi connectivity index (χ3v) is 12.7. The number of hydrogen-bond donors (Lipinski definition) is 1. The summed E-state index contributed by atoms with van der Waals surface area (Å²) in [6.45, 7) is 0. The van der Waals surface area contributed by atoms with Gasteiger partial charge >= 0.3 is 0 Å². The van der Waals surface area contributed by atoms with E-state index in [-0.39, 0.29) is 24.5 Å². The fourth-order valence-electron chi connectivity index (χ4n) is 8.74. The lowest BCUT2D eigenvalue weighted by molar-refractivity contribution is -0.138. The largest absolute Gasteiger partial charge is 0.507 e. The maximum absolute atomic E-state index is 14.5. The second-order valence-electron chi connectivity index (χ2n) is 13.8. The Morgan fingerprint density at radius 3 is 2.33 bits per heavy atom. The molecule has 9 nitrogen and oxygen atoms in total. The topological polar surface area (TPSA) is 113 Å². The molecule has 2 aliphatic heterocycles. The molecule has 4 aromatic carbocycles. The van der Waals surface area contributed by atoms with Gasteiger partial charge in [0.2, 0.25) is 11.8 Å². The van der Waals surface area contributed by atoms with E-state index in [1.807, 2.05) is 66.8 Å². The predicted molar refractivity (Wildman–Crippen MR) is 198 cm³/mol. The van der Waals surface area contributed by atoms with Crippen LogP contribution in [0.25, 0.3) is 22.9 Å². The van der Waals surface area contributed by atoms with Crippen molar-refractivity contribution in [1.82, 2.24) is 4.90 Å². The van der Waals surface area contributed by atoms with E-state index in [0.29, 0.717) is 33.7 Å². The standard InChI is InChI=1S/C41H34Cl2N2O7/c1-44-38(49)40(42)21-31-28(34(41(40,43)39(44)50)30-16-12-23-6-4-5-7-27(23)35(30)46)17-18-29-33(31)37(48)45(36(29)47)25-13-9-22(10-14-25)8-11-24-20-26(51-2)15-19-32(24)52-3/h4-17,19-20,29,31,33-34,46H,18,21H2,1-3H3. The number of aromatic hydroxyl groups is 1. The fourth-order valence-corrected chi connectivity index (χ4v) is 9.75. The molecule has 0 spiro atoms. The smallest absolute Gasteiger partial charge is 0.253 e. The van der Waals surface area contributed by atoms with Gasteiger partial charge in [-0.15, -0.1) is 23.2 Å². The Hall–Kier alpha value is -5.12. The number of benzene rings is 4. The number of ether oxygens (including phenoxy) is 2. The molecule has 264 valence electrons. The number of carbonyl (C=O) groups is 4. The third-order valence-electron chi connectivity index (χ3n) is 11.3. The maximum atomic E-state index is 14.5. The highest BCUT2D eigenvalue weighted by Crippen LogP contribution is 2.66. The van der Waals surface area contributed by atoms with Crippen molar-refractivity contribution in [2.45, 2.75) is 28.5 Å². The van der Waals surface area contributed by atoms with E-state index >= 15 is 0 Å². The van der Waals surface area contributed by atoms with Crippen molar-refractivity contribution < 1.29 is 33.8 Å². The molecule has 0 radical (unpaired) electrons. The summed E-state index contributed by atoms with van der Waals surface area (Å²) >= 11 is 14.6. The summed E-state index contributed by atoms with van der Waals surface area (Å²) in [5, 5.41) is 13.0. The van der Waals surface area contributed by atoms with Gasteiger partial charge in [-0.3, -0.25) is 29.0 Å². The number of nitrogens with zero attached hydrogens (tertiary/aromatic N) is 2. The number of allylic oxidation sites excluding steroid dienone is 2. The molecule has 4 aliphatic rings. The summed E-state index contributed by atoms with van der Waals surface area (Å²) in [5.41, 5.74) is 3.01. The van der Waals surface area contributed by atoms with E-state index in [1.54, 1.807) is 44.6 Å². The normalized spacial score (nSPS) is 28.3. The molecule has 0 aromatic heterocycles. The number of anilines is 1. The molecule has 6 atom stereocenters. The van der Waals surface area contributed by atoms with Crippen LogP contribution in [0.2, 0.25) is 0 Å². The number of likely N-dealkylation sites (tertiary alicyclic amines) is 1. The van der Waals surface area contributed by atoms with Crippen molar-refractivity contribution >= 4 is 75.4 Å². The van der Waals surface area contributed by atoms with Gasteiger partial charge in [0, 0.05) is 29.5 Å². The van der Waals surface area contributed by atoms with Gasteiger partial charge in [-0.2, -0.15) is 0 Å². The van der Waals surface area contributed by atoms with Crippen LogP contribution in [0.5, 0.6) is 17.2 Å². The summed E-state index contributed by atoms with van der Waals surface area (Å²) in [4.78, 5) is 54.5. The van der Waals surface area contributed by atoms with E-state index in [0.717, 1.165) is 21.4 Å². The average molecular weight is 738 g/mol. The number of amides is 4. The molecule has 3 fully saturated rings. The summed E-state index contributed by atoms with van der Waals surface area (Å²) in [6.07, 6.45) is 5.73. The highest BCUT2D eigenvalue weighted by atomic mass is 35.5. The Balaban J connectivity index is 1.15. The molecular weight excluding hydrogens is 703 g/mol. The van der Waals surface area contributed by atoms with Crippen molar-refractivity contribution in [3.05, 3.63) is 107 Å². The molecule has 11 heteroatoms. The lowest BCUT2D eigenvalue weighted by Gasteiger charge is -2.50. The first kappa shape index (κ1) is 34.0. The van der Waals surface area contributed by atoms with Crippen LogP contribution < -0.4 is 14.4 Å². The van der Waals surface area contributed by atoms with Gasteiger partial charge in [-0.25, -0.2) is 0 Å². The first-order valence-electron chi connectivity index (χ1n) is 16.9. The molecule has 2 heterocycles. The van der Waals surface area contributed by atoms with Crippen molar-refractivity contribution in [2.75, 3.05) is 26.2 Å². The van der Waals surface area contributed by atoms with Gasteiger partial charge < -0.3 is 14.6 Å². The van der Waals surface area contributed by atoms with Gasteiger partial charge in [0.25, 0.3) is 11.8 Å². The van der Waals surface area contributed by atoms with E-state index in [9.17, 15) is 24.3 Å². The van der Waals surface area contributed by atoms with Crippen LogP contribution >= 0.6 is 23.2 Å². The highest BCUT2D eigenvalue weighted by molar-refractivity contribution is 6.53. The third kappa shape index (κ3) is 4.68. The molecule has 4 aromatic rings. The Morgan fingerprint density at radius 2 is 1.60 bits per heavy atom. The van der Waals surface area contributed by atoms with Gasteiger partial charge in [-0.05, 0) is 60.0 Å². The van der Waals surface area contributed by atoms with Crippen LogP contribution in [0.15, 0.2) is 90.5 Å². The monoisotopic (exact) mass is 736 g/mol. The van der Waals surface area contributed by atoms with Crippen molar-refractivity contribution in [2.24, 2.45) is 17.8 Å². The number of fused-ring (bicyclic) bond motifs is 5. The molecule has 52 heavy (non-hydrogen) atoms. The van der Waals surface area contributed by atoms with Crippen molar-refractivity contribution in [3.8, 4) is 17.2 Å². The first-order valence-corrected chi connectivity index (χ1v) is 17.7. The van der Waals surface area contributed by atoms with Crippen LogP contribution in [-0.4, -0.2) is 64.7 Å². The number of alkyl halides is 2. The Morgan fingerprint density at radius 1 is 0.846 bits per heavy atom. The minimum atomic E-state index is -1.99. The van der Waals surface area contributed by atoms with Gasteiger partial charge in [0.05, 0.1) is 31.7 Å². The number of imide groups is 2. The van der Waals surface area contributed by atoms with Crippen LogP contribution in [0, 0.1) is 17.8 Å². The average Bonchev–Trinajstić information content (AvgIpc) is 3.49. The number of carbonyl (C=O) groups excluding carboxylic acids is 4. The zero-order chi connectivity index (χ0) is 36.7. The lowest BCUT2D eigenvalue weighted by Crippen LogP contribution is -2.60. The minimum Gasteiger partial charge on any atom is -0.507 e. The zero-order valence-corrected chi connectivity index (χ0v) is 30.0. The van der Waals surface area contributed by atoms with E-state index < -0.39 is 51.1 Å². The number of phenols is 1. The summed E-state index contributed by atoms with van der Waals surface area (Å²) in [7, 11) is 4.53. The molecule has 1 saturated carbocycles. The van der Waals surface area contributed by atoms with Gasteiger partial charge in [-0.1, -0.05) is 72.3 Å². The molecule has 4 amide bonds. The number of halogens is 2. The summed E-state index contributed by atoms with van der Waals surface area (Å²) < 4.78 is 10.8. The quantitative estimate of drug-likeness (QED) is 0.0989. The number of methoxy groups -OCH3 is 2. The van der Waals surface area contributed by atoms with Gasteiger partial charge in [0.1, 0.15) is 17.2 Å². The summed E-state index contributed by atoms with van der Waals surface area (Å²) in [6, 6.07) is 23.3. The van der Waals surface area contributed by atoms with E-state index in [4.69, 9.17) is 32.7 Å². The fraction of sp³-hybridized carbons (Fsp3) is 0.268. The predicted octanol–water partition coefficient (Wildman–Crippen LogP) is 6.93. The molecule has 8 rings (SSSR count). The molecule has 2 saturated heterocycles. The SMILES string of the molecule is COc1ccc(OC)c(C=Cc2ccc(N3C(=O)C4CC=C5C(CC6(Cl)C(=O)N(C)C(=O)C6(Cl)C5c5ccc6ccccc6c5O)C4C3=O)cc2)c1. The lowest BCUT2D eigenvalue weighted by atomic mass is 9.56. The first-order chi connectivity index (χ1) is 24.9. The minimum absolute atomic E-state index is 0.0879. The highest BCUT2D eigenvalue weighted by Gasteiger charge is 2.76. The molecule has 1 N–H and O–H groups in total. The number of phenolic OH excluding ortho intramolecular Hbond substituents is 1. The van der Waals surface area contributed by atoms with E-state index in [2.05, 4.69) is 0 Å². The Bertz CT molecular complexity index is 2270. The zero-order valence-electron chi connectivity index (χ0n) is 28.5. The van der Waals surface area contributed by atoms with Crippen LogP contribution in [-0.2, 0) is 19.2 Å². The van der Waals surface area contributed by atoms with Crippen LogP contribution in [0.4, 0.5) is 5.69 Å². The van der Waals surface area contributed by atoms with Crippen LogP contribution in [0.3, 0.4) is 0 Å². The Kier molecular flexibility index (Phi) is 8.00. The Labute approximate surface area is 310 Å². The molecular formula is C41H34Cl2N2O7. The number of rotatable bonds is 6. The van der Waals surface area contributed by atoms with Crippen molar-refractivity contribution in [1.29, 1.82) is 0 Å². The molecule has 0 bridgehead atoms. The van der Waals surface area contributed by atoms with Crippen LogP contribution in [0.1, 0.15) is 35.4 Å². The van der Waals surface area contributed by atoms with Gasteiger partial charge in [0.15, 0.2) is 9.75 Å². The second kappa shape index (κ2) is 12.2. The van der Waals surface area contributed by atoms with Crippen molar-refractivity contribution in [3.63, 3.8) is 0 Å². The summed E-state index contributed by atoms with van der Waals surface area (Å²) in [5.74, 6) is -4.16. The molecule has 6 unspecified atom stereocenters. The second-order valence-corrected chi connectivity index (χ2v) is 15.0.